The van der Waals surface area contributed by atoms with Crippen LogP contribution in [0.25, 0.3) is 0 Å². The van der Waals surface area contributed by atoms with Crippen molar-refractivity contribution in [2.45, 2.75) is 46.3 Å². The van der Waals surface area contributed by atoms with E-state index in [1.165, 1.54) is 17.5 Å². The van der Waals surface area contributed by atoms with Crippen molar-refractivity contribution in [3.63, 3.8) is 0 Å². The van der Waals surface area contributed by atoms with Gasteiger partial charge in [-0.25, -0.2) is 4.99 Å². The monoisotopic (exact) mass is 335 g/mol. The highest BCUT2D eigenvalue weighted by atomic mass is 16.5. The van der Waals surface area contributed by atoms with Gasteiger partial charge in [0.05, 0.1) is 13.2 Å². The number of guanidine groups is 1. The lowest BCUT2D eigenvalue weighted by Crippen LogP contribution is -2.38. The van der Waals surface area contributed by atoms with Crippen LogP contribution in [0.1, 0.15) is 44.2 Å². The van der Waals surface area contributed by atoms with E-state index in [2.05, 4.69) is 53.7 Å². The highest BCUT2D eigenvalue weighted by Gasteiger charge is 1.98. The summed E-state index contributed by atoms with van der Waals surface area (Å²) in [5, 5.41) is 6.63. The molecule has 5 nitrogen and oxygen atoms in total. The molecule has 0 bridgehead atoms. The first-order valence-corrected chi connectivity index (χ1v) is 8.96. The molecule has 24 heavy (non-hydrogen) atoms. The quantitative estimate of drug-likeness (QED) is 0.350. The number of hydrogen-bond acceptors (Lipinski definition) is 3. The second-order valence-electron chi connectivity index (χ2n) is 5.69. The van der Waals surface area contributed by atoms with Gasteiger partial charge >= 0.3 is 0 Å². The molecule has 0 aromatic heterocycles. The molecular formula is C19H33N3O2. The van der Waals surface area contributed by atoms with E-state index in [0.29, 0.717) is 13.2 Å². The van der Waals surface area contributed by atoms with Gasteiger partial charge in [0.1, 0.15) is 0 Å². The predicted octanol–water partition coefficient (Wildman–Crippen LogP) is 3.09. The van der Waals surface area contributed by atoms with Gasteiger partial charge in [0, 0.05) is 33.4 Å². The van der Waals surface area contributed by atoms with Gasteiger partial charge in [-0.2, -0.15) is 0 Å². The first kappa shape index (κ1) is 20.5. The number of ether oxygens (including phenoxy) is 2. The average Bonchev–Trinajstić information content (AvgIpc) is 2.60. The molecule has 0 saturated heterocycles. The minimum absolute atomic E-state index is 0.647. The molecular weight excluding hydrogens is 302 g/mol. The Balaban J connectivity index is 2.33. The van der Waals surface area contributed by atoms with Gasteiger partial charge in [-0.1, -0.05) is 37.6 Å². The van der Waals surface area contributed by atoms with Gasteiger partial charge < -0.3 is 20.1 Å². The maximum atomic E-state index is 5.57. The Morgan fingerprint density at radius 2 is 1.71 bits per heavy atom. The third kappa shape index (κ3) is 9.53. The summed E-state index contributed by atoms with van der Waals surface area (Å²) >= 11 is 0. The molecule has 0 radical (unpaired) electrons. The van der Waals surface area contributed by atoms with Crippen LogP contribution in [-0.2, 0) is 22.6 Å². The van der Waals surface area contributed by atoms with Crippen LogP contribution >= 0.6 is 0 Å². The van der Waals surface area contributed by atoms with E-state index < -0.39 is 0 Å². The van der Waals surface area contributed by atoms with E-state index in [1.807, 2.05) is 0 Å². The van der Waals surface area contributed by atoms with E-state index >= 15 is 0 Å². The van der Waals surface area contributed by atoms with Gasteiger partial charge in [0.25, 0.3) is 0 Å². The van der Waals surface area contributed by atoms with Crippen LogP contribution in [0.5, 0.6) is 0 Å². The van der Waals surface area contributed by atoms with Crippen molar-refractivity contribution in [2.24, 2.45) is 4.99 Å². The number of hydrogen-bond donors (Lipinski definition) is 2. The Morgan fingerprint density at radius 3 is 2.38 bits per heavy atom. The Hall–Kier alpha value is -1.59. The summed E-state index contributed by atoms with van der Waals surface area (Å²) < 4.78 is 10.7. The normalized spacial score (nSPS) is 11.5. The fourth-order valence-corrected chi connectivity index (χ4v) is 2.15. The molecule has 0 spiro atoms. The highest BCUT2D eigenvalue weighted by molar-refractivity contribution is 5.79. The zero-order valence-corrected chi connectivity index (χ0v) is 15.4. The summed E-state index contributed by atoms with van der Waals surface area (Å²) in [6, 6.07) is 8.37. The van der Waals surface area contributed by atoms with E-state index in [1.54, 1.807) is 7.11 Å². The van der Waals surface area contributed by atoms with Gasteiger partial charge in [0.2, 0.25) is 0 Å². The molecule has 0 atom stereocenters. The van der Waals surface area contributed by atoms with E-state index in [-0.39, 0.29) is 0 Å². The van der Waals surface area contributed by atoms with E-state index in [9.17, 15) is 0 Å². The number of methoxy groups -OCH3 is 1. The van der Waals surface area contributed by atoms with Crippen LogP contribution in [0.3, 0.4) is 0 Å². The number of benzene rings is 1. The molecule has 0 fully saturated rings. The Labute approximate surface area is 146 Å². The fourth-order valence-electron chi connectivity index (χ4n) is 2.15. The van der Waals surface area contributed by atoms with Gasteiger partial charge in [-0.3, -0.25) is 0 Å². The summed E-state index contributed by atoms with van der Waals surface area (Å²) in [6.45, 7) is 8.94. The maximum Gasteiger partial charge on any atom is 0.191 e. The van der Waals surface area contributed by atoms with Crippen LogP contribution in [0.2, 0.25) is 0 Å². The van der Waals surface area contributed by atoms with Gasteiger partial charge in [-0.15, -0.1) is 0 Å². The minimum Gasteiger partial charge on any atom is -0.381 e. The molecule has 0 aliphatic carbocycles. The number of nitrogens with one attached hydrogen (secondary N) is 2. The topological polar surface area (TPSA) is 54.9 Å². The van der Waals surface area contributed by atoms with Crippen molar-refractivity contribution in [1.82, 2.24) is 10.6 Å². The van der Waals surface area contributed by atoms with Crippen molar-refractivity contribution in [2.75, 3.05) is 33.4 Å². The van der Waals surface area contributed by atoms with Crippen molar-refractivity contribution < 1.29 is 9.47 Å². The molecule has 0 unspecified atom stereocenters. The summed E-state index contributed by atoms with van der Waals surface area (Å²) in [5.74, 6) is 0.854. The van der Waals surface area contributed by atoms with E-state index in [0.717, 1.165) is 45.1 Å². The lowest BCUT2D eigenvalue weighted by molar-refractivity contribution is 0.129. The molecule has 0 amide bonds. The largest absolute Gasteiger partial charge is 0.381 e. The van der Waals surface area contributed by atoms with Crippen LogP contribution in [0.4, 0.5) is 0 Å². The van der Waals surface area contributed by atoms with Crippen LogP contribution in [0, 0.1) is 0 Å². The Morgan fingerprint density at radius 1 is 1.00 bits per heavy atom. The second kappa shape index (κ2) is 13.8. The van der Waals surface area contributed by atoms with E-state index in [4.69, 9.17) is 9.47 Å². The average molecular weight is 335 g/mol. The smallest absolute Gasteiger partial charge is 0.191 e. The number of unbranched alkanes of at least 4 members (excludes halogenated alkanes) is 1. The standard InChI is InChI=1S/C19H33N3O2/c1-4-6-13-24-14-7-12-21-19(20-5-2)22-15-17-8-10-18(11-9-17)16-23-3/h8-11H,4-7,12-16H2,1-3H3,(H2,20,21,22). The van der Waals surface area contributed by atoms with Crippen molar-refractivity contribution in [3.8, 4) is 0 Å². The Bertz CT molecular complexity index is 446. The number of nitrogens with zero attached hydrogens (tertiary/aromatic N) is 1. The third-order valence-electron chi connectivity index (χ3n) is 3.50. The highest BCUT2D eigenvalue weighted by Crippen LogP contribution is 2.06. The predicted molar refractivity (Wildman–Crippen MR) is 100 cm³/mol. The summed E-state index contributed by atoms with van der Waals surface area (Å²) in [4.78, 5) is 4.63. The Kier molecular flexibility index (Phi) is 11.8. The summed E-state index contributed by atoms with van der Waals surface area (Å²) in [7, 11) is 1.71. The molecule has 1 aromatic rings. The van der Waals surface area contributed by atoms with Gasteiger partial charge in [-0.05, 0) is 30.9 Å². The van der Waals surface area contributed by atoms with Crippen LogP contribution in [0.15, 0.2) is 29.3 Å². The van der Waals surface area contributed by atoms with Crippen LogP contribution < -0.4 is 10.6 Å². The molecule has 5 heteroatoms. The molecule has 0 aliphatic rings. The number of aliphatic imine (C=N–C) groups is 1. The second-order valence-corrected chi connectivity index (χ2v) is 5.69. The molecule has 0 aliphatic heterocycles. The molecule has 0 heterocycles. The molecule has 1 aromatic carbocycles. The molecule has 1 rings (SSSR count). The summed E-state index contributed by atoms with van der Waals surface area (Å²) in [5.41, 5.74) is 2.37. The molecule has 2 N–H and O–H groups in total. The zero-order chi connectivity index (χ0) is 17.5. The van der Waals surface area contributed by atoms with Crippen molar-refractivity contribution >= 4 is 5.96 Å². The van der Waals surface area contributed by atoms with Crippen LogP contribution in [-0.4, -0.2) is 39.4 Å². The SMILES string of the molecule is CCCCOCCCNC(=NCc1ccc(COC)cc1)NCC. The molecule has 136 valence electrons. The maximum absolute atomic E-state index is 5.57. The molecule has 0 saturated carbocycles. The number of rotatable bonds is 12. The van der Waals surface area contributed by atoms with Crippen molar-refractivity contribution in [1.29, 1.82) is 0 Å². The first-order chi connectivity index (χ1) is 11.8. The summed E-state index contributed by atoms with van der Waals surface area (Å²) in [6.07, 6.45) is 3.31. The minimum atomic E-state index is 0.647. The fraction of sp³-hybridized carbons (Fsp3) is 0.632. The first-order valence-electron chi connectivity index (χ1n) is 8.96. The lowest BCUT2D eigenvalue weighted by Gasteiger charge is -2.11. The zero-order valence-electron chi connectivity index (χ0n) is 15.4. The van der Waals surface area contributed by atoms with Gasteiger partial charge in [0.15, 0.2) is 5.96 Å². The van der Waals surface area contributed by atoms with Crippen molar-refractivity contribution in [3.05, 3.63) is 35.4 Å². The third-order valence-corrected chi connectivity index (χ3v) is 3.50. The lowest BCUT2D eigenvalue weighted by atomic mass is 10.1.